The first-order valence-electron chi connectivity index (χ1n) is 8.64. The van der Waals surface area contributed by atoms with Gasteiger partial charge in [0.25, 0.3) is 15.9 Å². The van der Waals surface area contributed by atoms with Crippen molar-refractivity contribution in [3.05, 3.63) is 79.2 Å². The van der Waals surface area contributed by atoms with Gasteiger partial charge in [-0.3, -0.25) is 25.0 Å². The summed E-state index contributed by atoms with van der Waals surface area (Å²) in [7, 11) is -1.69. The third kappa shape index (κ3) is 6.37. The maximum absolute atomic E-state index is 12.1. The molecule has 0 fully saturated rings. The summed E-state index contributed by atoms with van der Waals surface area (Å²) in [5, 5.41) is 22.7. The molecule has 0 aliphatic carbocycles. The first kappa shape index (κ1) is 24.0. The van der Waals surface area contributed by atoms with E-state index in [0.717, 1.165) is 24.3 Å². The fourth-order valence-corrected chi connectivity index (χ4v) is 3.21. The molecule has 0 saturated carbocycles. The lowest BCUT2D eigenvalue weighted by molar-refractivity contribution is -0.385. The molecule has 0 unspecified atom stereocenters. The van der Waals surface area contributed by atoms with Crippen LogP contribution in [-0.4, -0.2) is 38.4 Å². The van der Waals surface area contributed by atoms with Crippen molar-refractivity contribution in [3.8, 4) is 11.5 Å². The Morgan fingerprint density at radius 3 is 1.81 bits per heavy atom. The molecule has 2 rings (SSSR count). The number of hydrogen-bond donors (Lipinski definition) is 1. The highest BCUT2D eigenvalue weighted by Crippen LogP contribution is 2.29. The van der Waals surface area contributed by atoms with Crippen LogP contribution in [0, 0.1) is 20.2 Å². The quantitative estimate of drug-likeness (QED) is 0.334. The third-order valence-corrected chi connectivity index (χ3v) is 4.89. The first-order chi connectivity index (χ1) is 15.1. The highest BCUT2D eigenvalue weighted by atomic mass is 32.2. The van der Waals surface area contributed by atoms with Gasteiger partial charge in [0, 0.05) is 18.2 Å². The molecule has 0 saturated heterocycles. The van der Waals surface area contributed by atoms with Crippen molar-refractivity contribution in [2.75, 3.05) is 14.2 Å². The van der Waals surface area contributed by atoms with Gasteiger partial charge in [0.05, 0.1) is 29.5 Å². The van der Waals surface area contributed by atoms with Crippen LogP contribution < -0.4 is 14.2 Å². The predicted molar refractivity (Wildman–Crippen MR) is 114 cm³/mol. The number of nitrogens with zero attached hydrogens (tertiary/aromatic N) is 2. The van der Waals surface area contributed by atoms with Crippen molar-refractivity contribution in [2.24, 2.45) is 0 Å². The van der Waals surface area contributed by atoms with Gasteiger partial charge in [0.2, 0.25) is 0 Å². The summed E-state index contributed by atoms with van der Waals surface area (Å²) in [5.74, 6) is -0.968. The average molecular weight is 463 g/mol. The number of carbonyl (C=O) groups is 1. The molecule has 2 aromatic carbocycles. The SMILES string of the molecule is COc1ccc(/C=C\C(=O)NS(=O)(=O)/C=C/c2ccc(OC)c([N+](=O)[O-])c2)cc1[N+](=O)[O-]. The summed E-state index contributed by atoms with van der Waals surface area (Å²) in [6.45, 7) is 0. The molecule has 12 nitrogen and oxygen atoms in total. The number of amides is 1. The summed E-state index contributed by atoms with van der Waals surface area (Å²) in [4.78, 5) is 32.7. The number of carbonyl (C=O) groups excluding carboxylic acids is 1. The highest BCUT2D eigenvalue weighted by molar-refractivity contribution is 7.93. The topological polar surface area (TPSA) is 168 Å². The minimum atomic E-state index is -4.23. The Hall–Kier alpha value is -4.26. The van der Waals surface area contributed by atoms with Crippen molar-refractivity contribution < 1.29 is 32.5 Å². The largest absolute Gasteiger partial charge is 0.490 e. The van der Waals surface area contributed by atoms with Gasteiger partial charge in [-0.15, -0.1) is 0 Å². The Bertz CT molecular complexity index is 1220. The number of rotatable bonds is 9. The number of sulfonamides is 1. The van der Waals surface area contributed by atoms with Crippen molar-refractivity contribution in [2.45, 2.75) is 0 Å². The summed E-state index contributed by atoms with van der Waals surface area (Å²) in [5.41, 5.74) is -0.214. The van der Waals surface area contributed by atoms with Gasteiger partial charge in [-0.1, -0.05) is 12.1 Å². The predicted octanol–water partition coefficient (Wildman–Crippen LogP) is 2.65. The number of benzene rings is 2. The molecule has 0 spiro atoms. The van der Waals surface area contributed by atoms with E-state index < -0.39 is 25.8 Å². The Kier molecular flexibility index (Phi) is 7.63. The zero-order valence-electron chi connectivity index (χ0n) is 16.8. The maximum Gasteiger partial charge on any atom is 0.311 e. The van der Waals surface area contributed by atoms with E-state index in [0.29, 0.717) is 5.41 Å². The number of hydrogen-bond acceptors (Lipinski definition) is 9. The lowest BCUT2D eigenvalue weighted by atomic mass is 10.1. The molecule has 32 heavy (non-hydrogen) atoms. The van der Waals surface area contributed by atoms with E-state index in [9.17, 15) is 33.4 Å². The van der Waals surface area contributed by atoms with Crippen molar-refractivity contribution >= 4 is 39.5 Å². The van der Waals surface area contributed by atoms with Crippen LogP contribution in [0.5, 0.6) is 11.5 Å². The van der Waals surface area contributed by atoms with Gasteiger partial charge in [-0.05, 0) is 35.4 Å². The Balaban J connectivity index is 2.13. The van der Waals surface area contributed by atoms with Gasteiger partial charge in [0.1, 0.15) is 0 Å². The van der Waals surface area contributed by atoms with Crippen LogP contribution in [0.15, 0.2) is 47.9 Å². The molecule has 0 aromatic heterocycles. The number of nitrogens with one attached hydrogen (secondary N) is 1. The fraction of sp³-hybridized carbons (Fsp3) is 0.105. The lowest BCUT2D eigenvalue weighted by Crippen LogP contribution is -2.26. The van der Waals surface area contributed by atoms with E-state index in [1.54, 1.807) is 4.72 Å². The number of nitro groups is 2. The van der Waals surface area contributed by atoms with E-state index in [-0.39, 0.29) is 34.0 Å². The number of nitro benzene ring substituents is 2. The number of methoxy groups -OCH3 is 2. The molecule has 13 heteroatoms. The van der Waals surface area contributed by atoms with E-state index in [1.807, 2.05) is 0 Å². The van der Waals surface area contributed by atoms with E-state index >= 15 is 0 Å². The normalized spacial score (nSPS) is 11.4. The van der Waals surface area contributed by atoms with E-state index in [1.165, 1.54) is 44.6 Å². The first-order valence-corrected chi connectivity index (χ1v) is 10.2. The molecule has 0 aliphatic heterocycles. The monoisotopic (exact) mass is 463 g/mol. The van der Waals surface area contributed by atoms with Crippen molar-refractivity contribution in [1.82, 2.24) is 4.72 Å². The van der Waals surface area contributed by atoms with Crippen LogP contribution >= 0.6 is 0 Å². The van der Waals surface area contributed by atoms with Crippen molar-refractivity contribution in [1.29, 1.82) is 0 Å². The van der Waals surface area contributed by atoms with Crippen LogP contribution in [0.3, 0.4) is 0 Å². The van der Waals surface area contributed by atoms with Crippen LogP contribution in [0.1, 0.15) is 11.1 Å². The van der Waals surface area contributed by atoms with Crippen LogP contribution in [0.2, 0.25) is 0 Å². The second kappa shape index (κ2) is 10.2. The van der Waals surface area contributed by atoms with Crippen LogP contribution in [-0.2, 0) is 14.8 Å². The van der Waals surface area contributed by atoms with E-state index in [4.69, 9.17) is 9.47 Å². The molecule has 0 heterocycles. The maximum atomic E-state index is 12.1. The summed E-state index contributed by atoms with van der Waals surface area (Å²) in [6, 6.07) is 7.76. The van der Waals surface area contributed by atoms with Gasteiger partial charge in [-0.25, -0.2) is 13.1 Å². The van der Waals surface area contributed by atoms with Gasteiger partial charge < -0.3 is 9.47 Å². The van der Waals surface area contributed by atoms with E-state index in [2.05, 4.69) is 0 Å². The molecular formula is C19H17N3O9S. The summed E-state index contributed by atoms with van der Waals surface area (Å²) >= 11 is 0. The molecule has 2 aromatic rings. The highest BCUT2D eigenvalue weighted by Gasteiger charge is 2.16. The third-order valence-electron chi connectivity index (χ3n) is 3.91. The molecular weight excluding hydrogens is 446 g/mol. The molecule has 0 radical (unpaired) electrons. The van der Waals surface area contributed by atoms with Gasteiger partial charge in [-0.2, -0.15) is 0 Å². The smallest absolute Gasteiger partial charge is 0.311 e. The fourth-order valence-electron chi connectivity index (χ4n) is 2.46. The molecule has 0 aliphatic rings. The zero-order valence-corrected chi connectivity index (χ0v) is 17.6. The van der Waals surface area contributed by atoms with Crippen LogP contribution in [0.4, 0.5) is 11.4 Å². The molecule has 0 atom stereocenters. The lowest BCUT2D eigenvalue weighted by Gasteiger charge is -2.03. The molecule has 168 valence electrons. The molecule has 1 N–H and O–H groups in total. The molecule has 0 bridgehead atoms. The van der Waals surface area contributed by atoms with Gasteiger partial charge in [0.15, 0.2) is 11.5 Å². The minimum Gasteiger partial charge on any atom is -0.490 e. The zero-order chi connectivity index (χ0) is 23.9. The van der Waals surface area contributed by atoms with Crippen molar-refractivity contribution in [3.63, 3.8) is 0 Å². The summed E-state index contributed by atoms with van der Waals surface area (Å²) in [6.07, 6.45) is 3.14. The Morgan fingerprint density at radius 2 is 1.38 bits per heavy atom. The number of ether oxygens (including phenoxy) is 2. The van der Waals surface area contributed by atoms with Gasteiger partial charge >= 0.3 is 11.4 Å². The minimum absolute atomic E-state index is 0.00668. The Morgan fingerprint density at radius 1 is 0.906 bits per heavy atom. The second-order valence-electron chi connectivity index (χ2n) is 6.02. The standard InChI is InChI=1S/C19H17N3O9S/c1-30-17-6-3-13(11-15(17)21(24)25)5-8-19(23)20-32(28,29)10-9-14-4-7-18(31-2)16(12-14)22(26)27/h3-12H,1-2H3,(H,20,23)/b8-5-,10-9+. The Labute approximate surface area is 182 Å². The van der Waals surface area contributed by atoms with Crippen LogP contribution in [0.25, 0.3) is 12.2 Å². The second-order valence-corrected chi connectivity index (χ2v) is 7.59. The molecule has 1 amide bonds. The summed E-state index contributed by atoms with van der Waals surface area (Å²) < 4.78 is 35.7. The average Bonchev–Trinajstić information content (AvgIpc) is 2.75.